The number of hydrogen-bond acceptors (Lipinski definition) is 7. The smallest absolute Gasteiger partial charge is 0.306 e. The molecule has 0 aromatic rings. The molecule has 0 rings (SSSR count). The van der Waals surface area contributed by atoms with Crippen molar-refractivity contribution in [2.45, 2.75) is 213 Å². The van der Waals surface area contributed by atoms with E-state index in [0.29, 0.717) is 24.1 Å². The Labute approximate surface area is 341 Å². The summed E-state index contributed by atoms with van der Waals surface area (Å²) < 4.78 is 34.6. The minimum atomic E-state index is -4.52. The molecule has 0 saturated carbocycles. The molecule has 0 aliphatic carbocycles. The normalized spacial score (nSPS) is 13.9. The SMILES string of the molecule is CCCCC/C=C\C/C=C\CCCCCCCCOC[C@H](COP(=O)([O-])OCC[N+](C)(C)C)OC(=O)CCCCCCCCCCCCCCCCCCC. The molecule has 0 fully saturated rings. The summed E-state index contributed by atoms with van der Waals surface area (Å²) in [6.45, 7) is 5.39. The standard InChI is InChI=1S/C46H90NO7P/c1-6-8-10-12-14-16-18-20-22-24-25-27-29-31-33-35-37-39-46(48)54-45(44-53-55(49,50)52-42-40-47(3,4)5)43-51-41-38-36-34-32-30-28-26-23-21-19-17-15-13-11-9-7-2/h15,17,21,23,45H,6-14,16,18-20,22,24-44H2,1-5H3/b17-15-,23-21-/t45-/m1/s1. The quantitative estimate of drug-likeness (QED) is 0.0199. The highest BCUT2D eigenvalue weighted by Gasteiger charge is 2.20. The van der Waals surface area contributed by atoms with Gasteiger partial charge in [-0.3, -0.25) is 9.36 Å². The Morgan fingerprint density at radius 3 is 1.51 bits per heavy atom. The van der Waals surface area contributed by atoms with Gasteiger partial charge in [0.2, 0.25) is 0 Å². The number of phosphoric ester groups is 1. The summed E-state index contributed by atoms with van der Waals surface area (Å²) in [5, 5.41) is 0. The third-order valence-electron chi connectivity index (χ3n) is 10.0. The molecule has 0 heterocycles. The van der Waals surface area contributed by atoms with E-state index in [1.807, 2.05) is 21.1 Å². The van der Waals surface area contributed by atoms with E-state index in [1.165, 1.54) is 141 Å². The predicted octanol–water partition coefficient (Wildman–Crippen LogP) is 13.0. The highest BCUT2D eigenvalue weighted by atomic mass is 31.2. The van der Waals surface area contributed by atoms with E-state index in [4.69, 9.17) is 18.5 Å². The molecule has 326 valence electrons. The van der Waals surface area contributed by atoms with Gasteiger partial charge in [-0.1, -0.05) is 179 Å². The molecule has 0 radical (unpaired) electrons. The van der Waals surface area contributed by atoms with E-state index in [2.05, 4.69) is 38.2 Å². The van der Waals surface area contributed by atoms with Gasteiger partial charge in [0.25, 0.3) is 7.82 Å². The van der Waals surface area contributed by atoms with Crippen molar-refractivity contribution in [3.63, 3.8) is 0 Å². The number of quaternary nitrogens is 1. The van der Waals surface area contributed by atoms with E-state index in [1.54, 1.807) is 0 Å². The summed E-state index contributed by atoms with van der Waals surface area (Å²) in [5.41, 5.74) is 0. The van der Waals surface area contributed by atoms with Crippen LogP contribution in [0.2, 0.25) is 0 Å². The van der Waals surface area contributed by atoms with Crippen LogP contribution in [0.25, 0.3) is 0 Å². The van der Waals surface area contributed by atoms with Crippen LogP contribution in [0.15, 0.2) is 24.3 Å². The second kappa shape index (κ2) is 39.8. The first-order chi connectivity index (χ1) is 26.6. The number of carbonyl (C=O) groups is 1. The molecule has 0 aliphatic rings. The monoisotopic (exact) mass is 800 g/mol. The predicted molar refractivity (Wildman–Crippen MR) is 231 cm³/mol. The highest BCUT2D eigenvalue weighted by Crippen LogP contribution is 2.38. The maximum absolute atomic E-state index is 12.7. The van der Waals surface area contributed by atoms with Crippen molar-refractivity contribution in [1.29, 1.82) is 0 Å². The van der Waals surface area contributed by atoms with Crippen LogP contribution in [0.5, 0.6) is 0 Å². The minimum Gasteiger partial charge on any atom is -0.756 e. The number of nitrogens with zero attached hydrogens (tertiary/aromatic N) is 1. The van der Waals surface area contributed by atoms with Crippen LogP contribution in [0.4, 0.5) is 0 Å². The van der Waals surface area contributed by atoms with E-state index >= 15 is 0 Å². The van der Waals surface area contributed by atoms with E-state index in [0.717, 1.165) is 44.9 Å². The average Bonchev–Trinajstić information content (AvgIpc) is 3.13. The zero-order valence-electron chi connectivity index (χ0n) is 36.9. The van der Waals surface area contributed by atoms with Crippen LogP contribution < -0.4 is 4.89 Å². The van der Waals surface area contributed by atoms with Gasteiger partial charge in [0, 0.05) is 13.0 Å². The maximum Gasteiger partial charge on any atom is 0.306 e. The number of rotatable bonds is 43. The lowest BCUT2D eigenvalue weighted by molar-refractivity contribution is -0.870. The molecule has 0 spiro atoms. The zero-order valence-corrected chi connectivity index (χ0v) is 37.8. The molecule has 55 heavy (non-hydrogen) atoms. The fourth-order valence-electron chi connectivity index (χ4n) is 6.40. The van der Waals surface area contributed by atoms with Crippen molar-refractivity contribution in [2.75, 3.05) is 54.1 Å². The van der Waals surface area contributed by atoms with E-state index in [9.17, 15) is 14.3 Å². The number of hydrogen-bond donors (Lipinski definition) is 0. The van der Waals surface area contributed by atoms with Gasteiger partial charge in [-0.05, 0) is 44.9 Å². The Bertz CT molecular complexity index is 936. The summed E-state index contributed by atoms with van der Waals surface area (Å²) in [7, 11) is 1.36. The molecule has 1 unspecified atom stereocenters. The Kier molecular flexibility index (Phi) is 39.1. The van der Waals surface area contributed by atoms with Gasteiger partial charge in [0.1, 0.15) is 19.3 Å². The van der Waals surface area contributed by atoms with Crippen LogP contribution in [0.1, 0.15) is 206 Å². The molecule has 0 aliphatic heterocycles. The molecular formula is C46H90NO7P. The van der Waals surface area contributed by atoms with Crippen LogP contribution in [-0.2, 0) is 27.9 Å². The first-order valence-corrected chi connectivity index (χ1v) is 24.5. The van der Waals surface area contributed by atoms with Gasteiger partial charge in [-0.15, -0.1) is 0 Å². The third kappa shape index (κ3) is 43.9. The molecule has 2 atom stereocenters. The van der Waals surface area contributed by atoms with Gasteiger partial charge in [-0.25, -0.2) is 0 Å². The summed E-state index contributed by atoms with van der Waals surface area (Å²) >= 11 is 0. The first-order valence-electron chi connectivity index (χ1n) is 23.1. The highest BCUT2D eigenvalue weighted by molar-refractivity contribution is 7.45. The van der Waals surface area contributed by atoms with Crippen LogP contribution in [-0.4, -0.2) is 70.7 Å². The minimum absolute atomic E-state index is 0.0259. The molecule has 8 nitrogen and oxygen atoms in total. The largest absolute Gasteiger partial charge is 0.756 e. The third-order valence-corrected chi connectivity index (χ3v) is 11.0. The Balaban J connectivity index is 4.20. The summed E-state index contributed by atoms with van der Waals surface area (Å²) in [5.74, 6) is -0.335. The summed E-state index contributed by atoms with van der Waals surface area (Å²) in [6, 6.07) is 0. The van der Waals surface area contributed by atoms with Crippen molar-refractivity contribution < 1.29 is 37.3 Å². The van der Waals surface area contributed by atoms with Gasteiger partial charge >= 0.3 is 5.97 Å². The summed E-state index contributed by atoms with van der Waals surface area (Å²) in [6.07, 6.45) is 44.7. The fourth-order valence-corrected chi connectivity index (χ4v) is 7.13. The lowest BCUT2D eigenvalue weighted by atomic mass is 10.0. The molecule has 0 saturated heterocycles. The Morgan fingerprint density at radius 2 is 1.00 bits per heavy atom. The van der Waals surface area contributed by atoms with Crippen molar-refractivity contribution in [1.82, 2.24) is 0 Å². The lowest BCUT2D eigenvalue weighted by Gasteiger charge is -2.28. The van der Waals surface area contributed by atoms with Crippen LogP contribution in [0, 0.1) is 0 Å². The lowest BCUT2D eigenvalue weighted by Crippen LogP contribution is -2.37. The number of ether oxygens (including phenoxy) is 2. The number of esters is 1. The molecule has 0 N–H and O–H groups in total. The van der Waals surface area contributed by atoms with Crippen LogP contribution >= 0.6 is 7.82 Å². The van der Waals surface area contributed by atoms with Crippen molar-refractivity contribution in [3.8, 4) is 0 Å². The average molecular weight is 800 g/mol. The van der Waals surface area contributed by atoms with Crippen molar-refractivity contribution >= 4 is 13.8 Å². The molecule has 9 heteroatoms. The fraction of sp³-hybridized carbons (Fsp3) is 0.891. The van der Waals surface area contributed by atoms with Crippen LogP contribution in [0.3, 0.4) is 0 Å². The van der Waals surface area contributed by atoms with E-state index < -0.39 is 13.9 Å². The number of allylic oxidation sites excluding steroid dienone is 4. The number of unbranched alkanes of at least 4 members (excludes halogenated alkanes) is 25. The maximum atomic E-state index is 12.7. The van der Waals surface area contributed by atoms with Crippen molar-refractivity contribution in [3.05, 3.63) is 24.3 Å². The number of likely N-dealkylation sites (N-methyl/N-ethyl adjacent to an activating group) is 1. The first kappa shape index (κ1) is 54.0. The topological polar surface area (TPSA) is 94.1 Å². The Hall–Kier alpha value is -1.02. The molecule has 0 aromatic carbocycles. The van der Waals surface area contributed by atoms with E-state index in [-0.39, 0.29) is 25.8 Å². The van der Waals surface area contributed by atoms with Gasteiger partial charge in [-0.2, -0.15) is 0 Å². The zero-order chi connectivity index (χ0) is 40.6. The van der Waals surface area contributed by atoms with Gasteiger partial charge < -0.3 is 27.9 Å². The Morgan fingerprint density at radius 1 is 0.564 bits per heavy atom. The number of phosphoric acid groups is 1. The van der Waals surface area contributed by atoms with Gasteiger partial charge in [0.05, 0.1) is 34.4 Å². The second-order valence-electron chi connectivity index (χ2n) is 16.8. The molecular weight excluding hydrogens is 709 g/mol. The van der Waals surface area contributed by atoms with Crippen molar-refractivity contribution in [2.24, 2.45) is 0 Å². The summed E-state index contributed by atoms with van der Waals surface area (Å²) in [4.78, 5) is 25.1. The molecule has 0 aromatic heterocycles. The number of carbonyl (C=O) groups excluding carboxylic acids is 1. The second-order valence-corrected chi connectivity index (χ2v) is 18.2. The molecule has 0 bridgehead atoms. The van der Waals surface area contributed by atoms with Gasteiger partial charge in [0.15, 0.2) is 0 Å². The molecule has 0 amide bonds.